The fourth-order valence-corrected chi connectivity index (χ4v) is 2.78. The van der Waals surface area contributed by atoms with Gasteiger partial charge in [-0.3, -0.25) is 0 Å². The van der Waals surface area contributed by atoms with Crippen LogP contribution >= 0.6 is 0 Å². The zero-order valence-electron chi connectivity index (χ0n) is 15.2. The molecule has 0 atom stereocenters. The maximum Gasteiger partial charge on any atom is 0.207 e. The van der Waals surface area contributed by atoms with Crippen molar-refractivity contribution in [2.75, 3.05) is 12.4 Å². The van der Waals surface area contributed by atoms with Crippen LogP contribution in [0.3, 0.4) is 0 Å². The van der Waals surface area contributed by atoms with E-state index < -0.39 is 0 Å². The highest BCUT2D eigenvalue weighted by molar-refractivity contribution is 5.91. The molecule has 0 amide bonds. The molecule has 3 aromatic carbocycles. The van der Waals surface area contributed by atoms with Crippen LogP contribution in [0.1, 0.15) is 5.82 Å². The first-order valence-electron chi connectivity index (χ1n) is 8.67. The topological polar surface area (TPSA) is 56.3 Å². The van der Waals surface area contributed by atoms with E-state index in [0.717, 1.165) is 28.1 Å². The van der Waals surface area contributed by atoms with Gasteiger partial charge < -0.3 is 14.8 Å². The molecule has 4 rings (SSSR count). The number of nitrogens with one attached hydrogen (secondary N) is 1. The van der Waals surface area contributed by atoms with Crippen molar-refractivity contribution in [2.24, 2.45) is 0 Å². The Bertz CT molecular complexity index is 1160. The molecule has 0 aliphatic heterocycles. The Kier molecular flexibility index (Phi) is 4.77. The van der Waals surface area contributed by atoms with Crippen LogP contribution in [-0.2, 0) is 0 Å². The van der Waals surface area contributed by atoms with Crippen LogP contribution in [0, 0.1) is 12.3 Å². The van der Waals surface area contributed by atoms with Gasteiger partial charge in [-0.15, -0.1) is 6.42 Å². The van der Waals surface area contributed by atoms with E-state index in [2.05, 4.69) is 21.2 Å². The molecule has 0 spiro atoms. The molecule has 0 aliphatic carbocycles. The molecule has 0 bridgehead atoms. The molecule has 136 valence electrons. The summed E-state index contributed by atoms with van der Waals surface area (Å²) in [4.78, 5) is 8.77. The van der Waals surface area contributed by atoms with Crippen molar-refractivity contribution in [2.45, 2.75) is 0 Å². The Hall–Kier alpha value is -4.04. The summed E-state index contributed by atoms with van der Waals surface area (Å²) in [7, 11) is 1.63. The van der Waals surface area contributed by atoms with E-state index in [9.17, 15) is 0 Å². The average molecular weight is 367 g/mol. The van der Waals surface area contributed by atoms with E-state index >= 15 is 0 Å². The highest BCUT2D eigenvalue weighted by Gasteiger charge is 2.07. The van der Waals surface area contributed by atoms with E-state index in [1.165, 1.54) is 0 Å². The number of aromatic nitrogens is 2. The normalized spacial score (nSPS) is 10.3. The molecule has 5 nitrogen and oxygen atoms in total. The van der Waals surface area contributed by atoms with Crippen LogP contribution in [0.2, 0.25) is 0 Å². The first-order valence-corrected chi connectivity index (χ1v) is 8.67. The molecule has 0 unspecified atom stereocenters. The summed E-state index contributed by atoms with van der Waals surface area (Å²) < 4.78 is 11.1. The Labute approximate surface area is 163 Å². The van der Waals surface area contributed by atoms with Gasteiger partial charge in [-0.25, -0.2) is 9.97 Å². The molecule has 0 fully saturated rings. The summed E-state index contributed by atoms with van der Waals surface area (Å²) in [5.41, 5.74) is 1.66. The summed E-state index contributed by atoms with van der Waals surface area (Å²) in [5.74, 6) is 5.68. The van der Waals surface area contributed by atoms with Crippen LogP contribution in [-0.4, -0.2) is 17.1 Å². The Morgan fingerprint density at radius 1 is 0.857 bits per heavy atom. The minimum Gasteiger partial charge on any atom is -0.497 e. The zero-order valence-corrected chi connectivity index (χ0v) is 15.2. The molecule has 0 radical (unpaired) electrons. The number of nitrogens with zero attached hydrogens (tertiary/aromatic N) is 2. The van der Waals surface area contributed by atoms with E-state index in [-0.39, 0.29) is 0 Å². The third-order valence-electron chi connectivity index (χ3n) is 4.13. The smallest absolute Gasteiger partial charge is 0.207 e. The summed E-state index contributed by atoms with van der Waals surface area (Å²) >= 11 is 0. The maximum atomic E-state index is 5.87. The third-order valence-corrected chi connectivity index (χ3v) is 4.13. The Morgan fingerprint density at radius 2 is 1.64 bits per heavy atom. The molecule has 4 aromatic rings. The molecule has 0 saturated carbocycles. The standard InChI is InChI=1S/C23H17N3O2/c1-3-22-25-21-10-5-4-9-20(21)23(26-22)24-16-11-13-17(14-12-16)28-19-8-6-7-18(15-19)27-2/h1,4-15H,2H3,(H,24,25,26). The van der Waals surface area contributed by atoms with Gasteiger partial charge in [-0.05, 0) is 54.5 Å². The molecule has 0 saturated heterocycles. The van der Waals surface area contributed by atoms with Crippen molar-refractivity contribution in [1.82, 2.24) is 9.97 Å². The number of benzene rings is 3. The van der Waals surface area contributed by atoms with Gasteiger partial charge in [-0.2, -0.15) is 0 Å². The average Bonchev–Trinajstić information content (AvgIpc) is 2.75. The molecular formula is C23H17N3O2. The van der Waals surface area contributed by atoms with Gasteiger partial charge >= 0.3 is 0 Å². The number of hydrogen-bond acceptors (Lipinski definition) is 5. The van der Waals surface area contributed by atoms with Gasteiger partial charge in [0.15, 0.2) is 0 Å². The van der Waals surface area contributed by atoms with Gasteiger partial charge in [0, 0.05) is 17.1 Å². The van der Waals surface area contributed by atoms with Crippen LogP contribution < -0.4 is 14.8 Å². The van der Waals surface area contributed by atoms with Crippen molar-refractivity contribution in [3.8, 4) is 29.6 Å². The molecular weight excluding hydrogens is 350 g/mol. The highest BCUT2D eigenvalue weighted by Crippen LogP contribution is 2.28. The first-order chi connectivity index (χ1) is 13.7. The number of para-hydroxylation sites is 1. The number of ether oxygens (including phenoxy) is 2. The fourth-order valence-electron chi connectivity index (χ4n) is 2.78. The van der Waals surface area contributed by atoms with Crippen LogP contribution in [0.4, 0.5) is 11.5 Å². The minimum absolute atomic E-state index is 0.346. The molecule has 1 N–H and O–H groups in total. The van der Waals surface area contributed by atoms with Crippen LogP contribution in [0.5, 0.6) is 17.2 Å². The lowest BCUT2D eigenvalue weighted by molar-refractivity contribution is 0.409. The summed E-state index contributed by atoms with van der Waals surface area (Å²) in [6.07, 6.45) is 5.49. The maximum absolute atomic E-state index is 5.87. The van der Waals surface area contributed by atoms with E-state index in [1.54, 1.807) is 7.11 Å². The molecule has 1 aromatic heterocycles. The number of rotatable bonds is 5. The summed E-state index contributed by atoms with van der Waals surface area (Å²) in [6, 6.07) is 22.8. The zero-order chi connectivity index (χ0) is 19.3. The van der Waals surface area contributed by atoms with Crippen LogP contribution in [0.15, 0.2) is 72.8 Å². The summed E-state index contributed by atoms with van der Waals surface area (Å²) in [6.45, 7) is 0. The van der Waals surface area contributed by atoms with E-state index in [4.69, 9.17) is 15.9 Å². The van der Waals surface area contributed by atoms with Crippen molar-refractivity contribution in [1.29, 1.82) is 0 Å². The second-order valence-corrected chi connectivity index (χ2v) is 5.99. The number of fused-ring (bicyclic) bond motifs is 1. The molecule has 0 aliphatic rings. The Morgan fingerprint density at radius 3 is 2.43 bits per heavy atom. The Balaban J connectivity index is 1.57. The SMILES string of the molecule is C#Cc1nc(Nc2ccc(Oc3cccc(OC)c3)cc2)c2ccccc2n1. The molecule has 5 heteroatoms. The summed E-state index contributed by atoms with van der Waals surface area (Å²) in [5, 5.41) is 4.21. The monoisotopic (exact) mass is 367 g/mol. The van der Waals surface area contributed by atoms with Gasteiger partial charge in [0.25, 0.3) is 0 Å². The lowest BCUT2D eigenvalue weighted by Gasteiger charge is -2.11. The predicted molar refractivity (Wildman–Crippen MR) is 110 cm³/mol. The minimum atomic E-state index is 0.346. The quantitative estimate of drug-likeness (QED) is 0.494. The van der Waals surface area contributed by atoms with Gasteiger partial charge in [0.05, 0.1) is 12.6 Å². The number of anilines is 2. The molecule has 28 heavy (non-hydrogen) atoms. The molecule has 1 heterocycles. The lowest BCUT2D eigenvalue weighted by atomic mass is 10.2. The largest absolute Gasteiger partial charge is 0.497 e. The van der Waals surface area contributed by atoms with E-state index in [0.29, 0.717) is 17.4 Å². The second kappa shape index (κ2) is 7.68. The van der Waals surface area contributed by atoms with Gasteiger partial charge in [-0.1, -0.05) is 18.2 Å². The van der Waals surface area contributed by atoms with Crippen molar-refractivity contribution in [3.63, 3.8) is 0 Å². The number of methoxy groups -OCH3 is 1. The third kappa shape index (κ3) is 3.71. The van der Waals surface area contributed by atoms with Gasteiger partial charge in [0.1, 0.15) is 23.1 Å². The van der Waals surface area contributed by atoms with Crippen LogP contribution in [0.25, 0.3) is 10.9 Å². The van der Waals surface area contributed by atoms with E-state index in [1.807, 2.05) is 72.8 Å². The van der Waals surface area contributed by atoms with Crippen molar-refractivity contribution in [3.05, 3.63) is 78.6 Å². The van der Waals surface area contributed by atoms with Crippen molar-refractivity contribution < 1.29 is 9.47 Å². The predicted octanol–water partition coefficient (Wildman–Crippen LogP) is 5.16. The fraction of sp³-hybridized carbons (Fsp3) is 0.0435. The highest BCUT2D eigenvalue weighted by atomic mass is 16.5. The van der Waals surface area contributed by atoms with Gasteiger partial charge in [0.2, 0.25) is 5.82 Å². The lowest BCUT2D eigenvalue weighted by Crippen LogP contribution is -1.99. The number of terminal acetylenes is 1. The van der Waals surface area contributed by atoms with Crippen molar-refractivity contribution >= 4 is 22.4 Å². The number of hydrogen-bond donors (Lipinski definition) is 1. The second-order valence-electron chi connectivity index (χ2n) is 5.99. The first kappa shape index (κ1) is 17.4.